The molecule has 5 N–H and O–H groups in total. The highest BCUT2D eigenvalue weighted by molar-refractivity contribution is 6.07. The molecule has 2 atom stereocenters. The average Bonchev–Trinajstić information content (AvgIpc) is 1.96. The van der Waals surface area contributed by atoms with Crippen molar-refractivity contribution in [3.63, 3.8) is 0 Å². The first-order chi connectivity index (χ1) is 43.4. The number of unbranched alkanes of at least 4 members (excludes halogenated alkanes) is 2. The number of nitrogens with one attached hydrogen (secondary N) is 4. The molecule has 0 radical (unpaired) electrons. The summed E-state index contributed by atoms with van der Waals surface area (Å²) in [6, 6.07) is 12.9. The van der Waals surface area contributed by atoms with Crippen LogP contribution < -0.4 is 26.0 Å². The van der Waals surface area contributed by atoms with Crippen LogP contribution in [0.1, 0.15) is 85.7 Å². The SMILES string of the molecule is C#C[C@H]1CC(F)(F)CN1C(=O)CNC(=O)c1ccnc2ccc(OCCCN3CCN(C(=O)CCCCCNC(=O)C(CCCNC(=O)CCCc4ccc(C)cc4)NC(=O)CN4CCN(COC=O)CCN(COC=O)CCN(CC(=O)O)CC4)CC3)cc12. The Bertz CT molecular complexity index is 2880. The number of aliphatic carboxylic acids is 1. The van der Waals surface area contributed by atoms with Crippen LogP contribution in [0.15, 0.2) is 54.7 Å². The number of piperazine rings is 1. The largest absolute Gasteiger partial charge is 0.494 e. The van der Waals surface area contributed by atoms with E-state index in [9.17, 15) is 57.0 Å². The third-order valence-corrected chi connectivity index (χ3v) is 16.1. The summed E-state index contributed by atoms with van der Waals surface area (Å²) in [5.41, 5.74) is 3.08. The van der Waals surface area contributed by atoms with Gasteiger partial charge in [-0.25, -0.2) is 8.78 Å². The number of carboxylic acids is 1. The van der Waals surface area contributed by atoms with E-state index in [4.69, 9.17) is 20.6 Å². The molecule has 90 heavy (non-hydrogen) atoms. The molecular formula is C63H88F2N12O13. The third kappa shape index (κ3) is 25.2. The van der Waals surface area contributed by atoms with Gasteiger partial charge in [-0.2, -0.15) is 0 Å². The number of amides is 6. The number of halogens is 2. The molecule has 3 aliphatic rings. The Morgan fingerprint density at radius 3 is 2.02 bits per heavy atom. The lowest BCUT2D eigenvalue weighted by atomic mass is 10.1. The van der Waals surface area contributed by atoms with Gasteiger partial charge in [0.1, 0.15) is 25.3 Å². The number of nitrogens with zero attached hydrogens (tertiary/aromatic N) is 8. The average molecular weight is 1260 g/mol. The van der Waals surface area contributed by atoms with Crippen molar-refractivity contribution in [1.29, 1.82) is 0 Å². The summed E-state index contributed by atoms with van der Waals surface area (Å²) in [6.07, 6.45) is 11.6. The van der Waals surface area contributed by atoms with Gasteiger partial charge in [-0.3, -0.25) is 72.6 Å². The maximum atomic E-state index is 14.0. The predicted octanol–water partition coefficient (Wildman–Crippen LogP) is 1.70. The molecule has 4 heterocycles. The molecule has 0 aliphatic carbocycles. The molecule has 3 fully saturated rings. The first-order valence-electron chi connectivity index (χ1n) is 31.0. The number of terminal acetylenes is 1. The number of alkyl halides is 2. The van der Waals surface area contributed by atoms with Crippen molar-refractivity contribution < 1.29 is 71.2 Å². The van der Waals surface area contributed by atoms with Crippen molar-refractivity contribution in [2.24, 2.45) is 0 Å². The fourth-order valence-corrected chi connectivity index (χ4v) is 10.9. The van der Waals surface area contributed by atoms with E-state index in [0.717, 1.165) is 29.0 Å². The minimum absolute atomic E-state index is 0.00595. The first kappa shape index (κ1) is 71.2. The summed E-state index contributed by atoms with van der Waals surface area (Å²) in [5, 5.41) is 21.5. The van der Waals surface area contributed by atoms with Gasteiger partial charge in [-0.05, 0) is 81.7 Å². The first-order valence-corrected chi connectivity index (χ1v) is 31.0. The molecule has 1 aromatic heterocycles. The van der Waals surface area contributed by atoms with Gasteiger partial charge in [0.25, 0.3) is 24.8 Å². The second kappa shape index (κ2) is 37.9. The minimum atomic E-state index is -3.10. The molecule has 0 bridgehead atoms. The van der Waals surface area contributed by atoms with Crippen molar-refractivity contribution in [3.05, 3.63) is 71.4 Å². The molecule has 27 heteroatoms. The zero-order chi connectivity index (χ0) is 64.7. The van der Waals surface area contributed by atoms with Gasteiger partial charge >= 0.3 is 5.97 Å². The van der Waals surface area contributed by atoms with Gasteiger partial charge in [0.2, 0.25) is 29.5 Å². The molecule has 0 spiro atoms. The fourth-order valence-electron chi connectivity index (χ4n) is 10.9. The van der Waals surface area contributed by atoms with E-state index in [1.165, 1.54) is 12.3 Å². The summed E-state index contributed by atoms with van der Waals surface area (Å²) in [5.74, 6) is -3.53. The van der Waals surface area contributed by atoms with Crippen LogP contribution in [0.25, 0.3) is 10.9 Å². The summed E-state index contributed by atoms with van der Waals surface area (Å²) in [6.45, 7) is 8.07. The Hall–Kier alpha value is -7.90. The molecule has 1 unspecified atom stereocenters. The Balaban J connectivity index is 0.920. The van der Waals surface area contributed by atoms with Crippen LogP contribution >= 0.6 is 0 Å². The normalized spacial score (nSPS) is 17.6. The van der Waals surface area contributed by atoms with E-state index >= 15 is 0 Å². The lowest BCUT2D eigenvalue weighted by Gasteiger charge is -2.34. The highest BCUT2D eigenvalue weighted by atomic mass is 19.3. The maximum absolute atomic E-state index is 14.0. The van der Waals surface area contributed by atoms with Crippen molar-refractivity contribution in [1.82, 2.24) is 60.6 Å². The highest BCUT2D eigenvalue weighted by Gasteiger charge is 2.46. The van der Waals surface area contributed by atoms with Gasteiger partial charge in [0, 0.05) is 129 Å². The van der Waals surface area contributed by atoms with E-state index in [1.54, 1.807) is 23.1 Å². The summed E-state index contributed by atoms with van der Waals surface area (Å²) in [4.78, 5) is 130. The Morgan fingerprint density at radius 2 is 1.37 bits per heavy atom. The molecule has 2 aromatic carbocycles. The van der Waals surface area contributed by atoms with Crippen molar-refractivity contribution >= 4 is 65.3 Å². The standard InChI is InChI=1S/C63H88F2N12O13/c1-3-50-39-63(64,65)43-77(50)59(83)40-69-61(86)52-20-23-66-54-19-18-51(38-53(52)54)90-37-9-24-71-33-35-76(36-34-71)58(82)13-5-4-6-21-68-62(87)55(11-8-22-67-56(80)12-7-10-49-16-14-48(2)15-17-49)70-57(81)41-72-25-26-73(42-60(84)85)28-30-75(45-89-47-79)32-31-74(29-27-72)44-88-46-78/h1,14-20,23,38,46-47,50,55H,4-13,21-22,24-37,39-45H2,2H3,(H,67,80)(H,68,87)(H,69,86)(H,70,81)(H,84,85)/t50-,55?/m0/s1. The number of ether oxygens (including phenoxy) is 3. The van der Waals surface area contributed by atoms with Crippen LogP contribution in [0, 0.1) is 19.3 Å². The van der Waals surface area contributed by atoms with Gasteiger partial charge in [0.05, 0.1) is 49.9 Å². The molecule has 0 saturated carbocycles. The zero-order valence-corrected chi connectivity index (χ0v) is 51.6. The second-order valence-corrected chi connectivity index (χ2v) is 22.9. The quantitative estimate of drug-likeness (QED) is 0.0323. The minimum Gasteiger partial charge on any atom is -0.494 e. The van der Waals surface area contributed by atoms with Crippen LogP contribution in [0.3, 0.4) is 0 Å². The number of carbonyl (C=O) groups is 9. The summed E-state index contributed by atoms with van der Waals surface area (Å²) < 4.78 is 44.0. The van der Waals surface area contributed by atoms with E-state index in [-0.39, 0.29) is 62.8 Å². The third-order valence-electron chi connectivity index (χ3n) is 16.1. The van der Waals surface area contributed by atoms with E-state index in [0.29, 0.717) is 173 Å². The van der Waals surface area contributed by atoms with Crippen molar-refractivity contribution in [2.75, 3.05) is 144 Å². The number of pyridine rings is 1. The second-order valence-electron chi connectivity index (χ2n) is 22.9. The van der Waals surface area contributed by atoms with Gasteiger partial charge in [-0.15, -0.1) is 6.42 Å². The molecule has 6 amide bonds. The molecule has 3 saturated heterocycles. The van der Waals surface area contributed by atoms with Crippen LogP contribution in [-0.4, -0.2) is 261 Å². The number of fused-ring (bicyclic) bond motifs is 1. The number of likely N-dealkylation sites (tertiary alicyclic amines) is 1. The maximum Gasteiger partial charge on any atom is 0.317 e. The Morgan fingerprint density at radius 1 is 0.722 bits per heavy atom. The number of rotatable bonds is 34. The molecule has 6 rings (SSSR count). The predicted molar refractivity (Wildman–Crippen MR) is 329 cm³/mol. The smallest absolute Gasteiger partial charge is 0.317 e. The number of carboxylic acid groups (broad SMARTS) is 1. The number of hydrogen-bond donors (Lipinski definition) is 5. The van der Waals surface area contributed by atoms with Gasteiger partial charge in [0.15, 0.2) is 0 Å². The van der Waals surface area contributed by atoms with Crippen molar-refractivity contribution in [3.8, 4) is 18.1 Å². The Kier molecular flexibility index (Phi) is 30.0. The van der Waals surface area contributed by atoms with Crippen LogP contribution in [0.5, 0.6) is 5.75 Å². The molecule has 492 valence electrons. The number of benzene rings is 2. The van der Waals surface area contributed by atoms with Crippen LogP contribution in [0.2, 0.25) is 0 Å². The zero-order valence-electron chi connectivity index (χ0n) is 51.6. The van der Waals surface area contributed by atoms with E-state index in [1.807, 2.05) is 38.7 Å². The number of carbonyl (C=O) groups excluding carboxylic acids is 8. The van der Waals surface area contributed by atoms with Crippen molar-refractivity contribution in [2.45, 2.75) is 95.6 Å². The number of aryl methyl sites for hydroxylation is 2. The van der Waals surface area contributed by atoms with Gasteiger partial charge in [-0.1, -0.05) is 42.2 Å². The van der Waals surface area contributed by atoms with Crippen LogP contribution in [0.4, 0.5) is 8.78 Å². The molecular weight excluding hydrogens is 1170 g/mol. The van der Waals surface area contributed by atoms with Gasteiger partial charge < -0.3 is 50.4 Å². The van der Waals surface area contributed by atoms with Crippen LogP contribution in [-0.2, 0) is 54.3 Å². The summed E-state index contributed by atoms with van der Waals surface area (Å²) >= 11 is 0. The number of aromatic nitrogens is 1. The summed E-state index contributed by atoms with van der Waals surface area (Å²) in [7, 11) is 0. The topological polar surface area (TPSA) is 285 Å². The molecule has 25 nitrogen and oxygen atoms in total. The highest BCUT2D eigenvalue weighted by Crippen LogP contribution is 2.32. The Labute approximate surface area is 524 Å². The van der Waals surface area contributed by atoms with E-state index in [2.05, 4.69) is 49.2 Å². The monoisotopic (exact) mass is 1260 g/mol. The number of hydrogen-bond acceptors (Lipinski definition) is 18. The molecule has 3 aromatic rings. The lowest BCUT2D eigenvalue weighted by Crippen LogP contribution is -2.52. The van der Waals surface area contributed by atoms with E-state index < -0.39 is 61.2 Å². The lowest BCUT2D eigenvalue weighted by molar-refractivity contribution is -0.139. The molecule has 3 aliphatic heterocycles. The fraction of sp³-hybridized carbons (Fsp3) is 0.587.